The van der Waals surface area contributed by atoms with Crippen molar-refractivity contribution in [1.29, 1.82) is 0 Å². The summed E-state index contributed by atoms with van der Waals surface area (Å²) in [5.74, 6) is -0.276. The largest absolute Gasteiger partial charge is 0.405 e. The van der Waals surface area contributed by atoms with E-state index in [0.717, 1.165) is 21.8 Å². The average Bonchev–Trinajstić information content (AvgIpc) is 3.25. The van der Waals surface area contributed by atoms with Crippen molar-refractivity contribution in [3.8, 4) is 11.4 Å². The normalized spacial score (nSPS) is 19.3. The summed E-state index contributed by atoms with van der Waals surface area (Å²) >= 11 is 1.20. The molecular weight excluding hydrogens is 335 g/mol. The molecule has 2 aliphatic rings. The molecule has 0 amide bonds. The quantitative estimate of drug-likeness (QED) is 0.755. The Bertz CT molecular complexity index is 760. The fraction of sp³-hybridized carbons (Fsp3) is 0.412. The molecule has 3 heterocycles. The minimum absolute atomic E-state index is 0.224. The van der Waals surface area contributed by atoms with Crippen LogP contribution in [0.1, 0.15) is 24.1 Å². The molecule has 0 N–H and O–H groups in total. The number of halogens is 3. The number of rotatable bonds is 3. The van der Waals surface area contributed by atoms with Crippen molar-refractivity contribution in [3.05, 3.63) is 41.7 Å². The first-order chi connectivity index (χ1) is 11.4. The van der Waals surface area contributed by atoms with Crippen LogP contribution in [0.2, 0.25) is 0 Å². The summed E-state index contributed by atoms with van der Waals surface area (Å²) in [6.07, 6.45) is -1.20. The number of aromatic nitrogens is 2. The lowest BCUT2D eigenvalue weighted by atomic mass is 10.1. The second kappa shape index (κ2) is 5.74. The summed E-state index contributed by atoms with van der Waals surface area (Å²) in [7, 11) is 0. The first kappa shape index (κ1) is 15.9. The highest BCUT2D eigenvalue weighted by Gasteiger charge is 2.53. The van der Waals surface area contributed by atoms with Gasteiger partial charge in [-0.3, -0.25) is 4.98 Å². The Morgan fingerprint density at radius 1 is 1.25 bits per heavy atom. The third-order valence-corrected chi connectivity index (χ3v) is 5.72. The van der Waals surface area contributed by atoms with Gasteiger partial charge >= 0.3 is 6.18 Å². The van der Waals surface area contributed by atoms with Gasteiger partial charge in [-0.05, 0) is 61.4 Å². The molecule has 1 atom stereocenters. The second-order valence-electron chi connectivity index (χ2n) is 6.31. The molecule has 1 saturated carbocycles. The van der Waals surface area contributed by atoms with Crippen LogP contribution in [0.15, 0.2) is 35.4 Å². The van der Waals surface area contributed by atoms with Crippen LogP contribution in [0, 0.1) is 12.8 Å². The minimum atomic E-state index is -4.20. The van der Waals surface area contributed by atoms with Crippen LogP contribution in [0.4, 0.5) is 13.2 Å². The van der Waals surface area contributed by atoms with E-state index in [4.69, 9.17) is 0 Å². The van der Waals surface area contributed by atoms with Crippen LogP contribution in [0.3, 0.4) is 0 Å². The third kappa shape index (κ3) is 2.91. The van der Waals surface area contributed by atoms with Crippen molar-refractivity contribution in [3.63, 3.8) is 0 Å². The Labute approximate surface area is 142 Å². The highest BCUT2D eigenvalue weighted by Crippen LogP contribution is 2.50. The summed E-state index contributed by atoms with van der Waals surface area (Å²) in [5, 5.41) is 0. The van der Waals surface area contributed by atoms with Crippen molar-refractivity contribution in [2.24, 2.45) is 5.92 Å². The first-order valence-electron chi connectivity index (χ1n) is 7.87. The predicted molar refractivity (Wildman–Crippen MR) is 86.2 cm³/mol. The zero-order valence-electron chi connectivity index (χ0n) is 13.0. The standard InChI is InChI=1S/C17H16F3N3S/c1-10-8-13(12-4-2-3-7-21-12)22-14-9-23(24-15(10)14)16(11-5-6-11)17(18,19)20/h2-4,7-8,11,16H,5-6,9H2,1H3. The molecule has 4 rings (SSSR count). The van der Waals surface area contributed by atoms with Crippen LogP contribution in [0.25, 0.3) is 11.4 Å². The maximum Gasteiger partial charge on any atom is 0.405 e. The van der Waals surface area contributed by atoms with E-state index < -0.39 is 12.2 Å². The summed E-state index contributed by atoms with van der Waals surface area (Å²) in [6, 6.07) is 6.08. The van der Waals surface area contributed by atoms with Gasteiger partial charge in [-0.2, -0.15) is 13.2 Å². The van der Waals surface area contributed by atoms with Gasteiger partial charge in [-0.15, -0.1) is 0 Å². The molecule has 1 aliphatic heterocycles. The zero-order valence-corrected chi connectivity index (χ0v) is 13.9. The molecule has 1 unspecified atom stereocenters. The van der Waals surface area contributed by atoms with Gasteiger partial charge in [0, 0.05) is 11.1 Å². The molecule has 1 aliphatic carbocycles. The summed E-state index contributed by atoms with van der Waals surface area (Å²) in [5.41, 5.74) is 3.12. The van der Waals surface area contributed by atoms with E-state index in [1.54, 1.807) is 6.20 Å². The summed E-state index contributed by atoms with van der Waals surface area (Å²) < 4.78 is 41.8. The van der Waals surface area contributed by atoms with E-state index >= 15 is 0 Å². The number of nitrogens with zero attached hydrogens (tertiary/aromatic N) is 3. The van der Waals surface area contributed by atoms with Crippen LogP contribution < -0.4 is 0 Å². The maximum absolute atomic E-state index is 13.4. The molecule has 0 radical (unpaired) electrons. The van der Waals surface area contributed by atoms with Crippen LogP contribution in [0.5, 0.6) is 0 Å². The summed E-state index contributed by atoms with van der Waals surface area (Å²) in [4.78, 5) is 9.72. The fourth-order valence-electron chi connectivity index (χ4n) is 3.13. The van der Waals surface area contributed by atoms with Gasteiger partial charge in [0.15, 0.2) is 0 Å². The van der Waals surface area contributed by atoms with Gasteiger partial charge in [0.1, 0.15) is 6.04 Å². The van der Waals surface area contributed by atoms with E-state index in [2.05, 4.69) is 9.97 Å². The van der Waals surface area contributed by atoms with Gasteiger partial charge in [0.25, 0.3) is 0 Å². The Kier molecular flexibility index (Phi) is 3.80. The molecule has 0 aromatic carbocycles. The van der Waals surface area contributed by atoms with Gasteiger partial charge < -0.3 is 0 Å². The van der Waals surface area contributed by atoms with Crippen LogP contribution in [-0.4, -0.2) is 26.5 Å². The number of hydrogen-bond acceptors (Lipinski definition) is 4. The SMILES string of the molecule is Cc1cc(-c2ccccn2)nc2c1SN(C(C1CC1)C(F)(F)F)C2. The minimum Gasteiger partial charge on any atom is -0.255 e. The van der Waals surface area contributed by atoms with Crippen LogP contribution >= 0.6 is 11.9 Å². The van der Waals surface area contributed by atoms with Crippen molar-refractivity contribution in [2.75, 3.05) is 0 Å². The van der Waals surface area contributed by atoms with Crippen molar-refractivity contribution >= 4 is 11.9 Å². The van der Waals surface area contributed by atoms with Gasteiger partial charge in [-0.25, -0.2) is 9.29 Å². The Balaban J connectivity index is 1.66. The van der Waals surface area contributed by atoms with Crippen molar-refractivity contribution in [1.82, 2.24) is 14.3 Å². The van der Waals surface area contributed by atoms with E-state index in [1.165, 1.54) is 16.3 Å². The molecule has 0 spiro atoms. The number of aryl methyl sites for hydroxylation is 1. The van der Waals surface area contributed by atoms with E-state index in [9.17, 15) is 13.2 Å². The monoisotopic (exact) mass is 351 g/mol. The molecule has 7 heteroatoms. The topological polar surface area (TPSA) is 29.0 Å². The third-order valence-electron chi connectivity index (χ3n) is 4.38. The van der Waals surface area contributed by atoms with Gasteiger partial charge in [-0.1, -0.05) is 6.07 Å². The lowest BCUT2D eigenvalue weighted by Crippen LogP contribution is -2.42. The lowest BCUT2D eigenvalue weighted by molar-refractivity contribution is -0.176. The molecular formula is C17H16F3N3S. The van der Waals surface area contributed by atoms with E-state index in [1.807, 2.05) is 31.2 Å². The second-order valence-corrected chi connectivity index (χ2v) is 7.37. The fourth-order valence-corrected chi connectivity index (χ4v) is 4.38. The smallest absolute Gasteiger partial charge is 0.255 e. The van der Waals surface area contributed by atoms with Gasteiger partial charge in [0.2, 0.25) is 0 Å². The Hall–Kier alpha value is -1.60. The van der Waals surface area contributed by atoms with Crippen LogP contribution in [-0.2, 0) is 6.54 Å². The maximum atomic E-state index is 13.4. The molecule has 1 fully saturated rings. The van der Waals surface area contributed by atoms with Gasteiger partial charge in [0.05, 0.1) is 23.6 Å². The van der Waals surface area contributed by atoms with E-state index in [-0.39, 0.29) is 12.5 Å². The highest BCUT2D eigenvalue weighted by atomic mass is 32.2. The first-order valence-corrected chi connectivity index (χ1v) is 8.64. The Morgan fingerprint density at radius 3 is 2.67 bits per heavy atom. The van der Waals surface area contributed by atoms with Crippen molar-refractivity contribution < 1.29 is 13.2 Å². The predicted octanol–water partition coefficient (Wildman–Crippen LogP) is 4.62. The average molecular weight is 351 g/mol. The molecule has 24 heavy (non-hydrogen) atoms. The van der Waals surface area contributed by atoms with E-state index in [0.29, 0.717) is 18.5 Å². The van der Waals surface area contributed by atoms with Crippen molar-refractivity contribution in [2.45, 2.75) is 43.4 Å². The lowest BCUT2D eigenvalue weighted by Gasteiger charge is -2.28. The molecule has 3 nitrogen and oxygen atoms in total. The zero-order chi connectivity index (χ0) is 16.9. The number of pyridine rings is 2. The Morgan fingerprint density at radius 2 is 2.04 bits per heavy atom. The molecule has 0 saturated heterocycles. The number of alkyl halides is 3. The molecule has 126 valence electrons. The molecule has 2 aromatic heterocycles. The molecule has 0 bridgehead atoms. The number of fused-ring (bicyclic) bond motifs is 1. The highest BCUT2D eigenvalue weighted by molar-refractivity contribution is 7.97. The number of hydrogen-bond donors (Lipinski definition) is 0. The summed E-state index contributed by atoms with van der Waals surface area (Å²) in [6.45, 7) is 2.14. The molecule has 2 aromatic rings.